The molecule has 1 aromatic carbocycles. The SMILES string of the molecule is C=CCN1CC[C@]2(c3ccccc3)CCCC[C@H]2C1. The molecule has 1 nitrogen and oxygen atoms in total. The lowest BCUT2D eigenvalue weighted by molar-refractivity contribution is 0.0628. The first-order valence-electron chi connectivity index (χ1n) is 7.74. The first-order chi connectivity index (χ1) is 9.35. The van der Waals surface area contributed by atoms with E-state index in [-0.39, 0.29) is 0 Å². The zero-order chi connectivity index (χ0) is 13.1. The number of hydrogen-bond donors (Lipinski definition) is 0. The van der Waals surface area contributed by atoms with E-state index < -0.39 is 0 Å². The Hall–Kier alpha value is -1.08. The van der Waals surface area contributed by atoms with Gasteiger partial charge in [-0.25, -0.2) is 0 Å². The van der Waals surface area contributed by atoms with E-state index in [0.717, 1.165) is 12.5 Å². The number of rotatable bonds is 3. The van der Waals surface area contributed by atoms with Gasteiger partial charge in [-0.05, 0) is 37.3 Å². The van der Waals surface area contributed by atoms with Crippen molar-refractivity contribution in [3.8, 4) is 0 Å². The summed E-state index contributed by atoms with van der Waals surface area (Å²) in [6.07, 6.45) is 9.01. The maximum atomic E-state index is 3.89. The maximum absolute atomic E-state index is 3.89. The molecule has 1 aromatic rings. The van der Waals surface area contributed by atoms with Crippen molar-refractivity contribution in [3.05, 3.63) is 48.6 Å². The van der Waals surface area contributed by atoms with Crippen molar-refractivity contribution >= 4 is 0 Å². The lowest BCUT2D eigenvalue weighted by Crippen LogP contribution is -2.51. The molecule has 0 bridgehead atoms. The molecule has 2 aliphatic rings. The van der Waals surface area contributed by atoms with Crippen molar-refractivity contribution in [2.45, 2.75) is 37.5 Å². The molecule has 0 aromatic heterocycles. The van der Waals surface area contributed by atoms with E-state index >= 15 is 0 Å². The maximum Gasteiger partial charge on any atom is 0.0160 e. The van der Waals surface area contributed by atoms with Gasteiger partial charge in [0.1, 0.15) is 0 Å². The highest BCUT2D eigenvalue weighted by Crippen LogP contribution is 2.48. The molecule has 0 unspecified atom stereocenters. The third kappa shape index (κ3) is 2.36. The summed E-state index contributed by atoms with van der Waals surface area (Å²) in [4.78, 5) is 2.59. The smallest absolute Gasteiger partial charge is 0.0160 e. The lowest BCUT2D eigenvalue weighted by atomic mass is 9.59. The third-order valence-corrected chi connectivity index (χ3v) is 5.30. The van der Waals surface area contributed by atoms with E-state index in [1.807, 2.05) is 0 Å². The molecule has 102 valence electrons. The number of nitrogens with zero attached hydrogens (tertiary/aromatic N) is 1. The molecule has 1 aliphatic heterocycles. The Bertz CT molecular complexity index is 425. The monoisotopic (exact) mass is 255 g/mol. The van der Waals surface area contributed by atoms with E-state index in [9.17, 15) is 0 Å². The summed E-state index contributed by atoms with van der Waals surface area (Å²) in [7, 11) is 0. The van der Waals surface area contributed by atoms with E-state index in [1.54, 1.807) is 5.56 Å². The van der Waals surface area contributed by atoms with Crippen molar-refractivity contribution in [2.24, 2.45) is 5.92 Å². The van der Waals surface area contributed by atoms with Crippen LogP contribution < -0.4 is 0 Å². The second kappa shape index (κ2) is 5.50. The highest BCUT2D eigenvalue weighted by Gasteiger charge is 2.44. The summed E-state index contributed by atoms with van der Waals surface area (Å²) < 4.78 is 0. The van der Waals surface area contributed by atoms with Crippen LogP contribution in [0.5, 0.6) is 0 Å². The summed E-state index contributed by atoms with van der Waals surface area (Å²) in [5.41, 5.74) is 2.06. The van der Waals surface area contributed by atoms with Gasteiger partial charge >= 0.3 is 0 Å². The molecule has 0 spiro atoms. The molecular weight excluding hydrogens is 230 g/mol. The van der Waals surface area contributed by atoms with Crippen LogP contribution in [-0.2, 0) is 5.41 Å². The standard InChI is InChI=1S/C18H25N/c1-2-13-19-14-12-18(16-8-4-3-5-9-16)11-7-6-10-17(18)15-19/h2-5,8-9,17H,1,6-7,10-15H2/t17-,18-/m0/s1. The molecule has 2 atom stereocenters. The van der Waals surface area contributed by atoms with Crippen LogP contribution in [0.3, 0.4) is 0 Å². The summed E-state index contributed by atoms with van der Waals surface area (Å²) in [5.74, 6) is 0.845. The van der Waals surface area contributed by atoms with Crippen LogP contribution in [0.4, 0.5) is 0 Å². The Morgan fingerprint density at radius 3 is 2.84 bits per heavy atom. The quantitative estimate of drug-likeness (QED) is 0.738. The van der Waals surface area contributed by atoms with Crippen LogP contribution in [-0.4, -0.2) is 24.5 Å². The van der Waals surface area contributed by atoms with Gasteiger partial charge in [0.2, 0.25) is 0 Å². The highest BCUT2D eigenvalue weighted by molar-refractivity contribution is 5.28. The van der Waals surface area contributed by atoms with Gasteiger partial charge in [-0.3, -0.25) is 4.90 Å². The fourth-order valence-electron chi connectivity index (χ4n) is 4.31. The van der Waals surface area contributed by atoms with Gasteiger partial charge in [-0.2, -0.15) is 0 Å². The predicted octanol–water partition coefficient (Wildman–Crippen LogP) is 4.01. The van der Waals surface area contributed by atoms with E-state index in [0.29, 0.717) is 5.41 Å². The van der Waals surface area contributed by atoms with Crippen molar-refractivity contribution in [3.63, 3.8) is 0 Å². The molecule has 1 aliphatic carbocycles. The minimum Gasteiger partial charge on any atom is -0.299 e. The fraction of sp³-hybridized carbons (Fsp3) is 0.556. The van der Waals surface area contributed by atoms with Crippen LogP contribution in [0.15, 0.2) is 43.0 Å². The minimum absolute atomic E-state index is 0.469. The Kier molecular flexibility index (Phi) is 3.74. The van der Waals surface area contributed by atoms with E-state index in [4.69, 9.17) is 0 Å². The molecule has 19 heavy (non-hydrogen) atoms. The first kappa shape index (κ1) is 12.9. The Labute approximate surface area is 117 Å². The molecule has 1 heterocycles. The normalized spacial score (nSPS) is 31.7. The lowest BCUT2D eigenvalue weighted by Gasteiger charge is -2.51. The summed E-state index contributed by atoms with van der Waals surface area (Å²) >= 11 is 0. The van der Waals surface area contributed by atoms with Crippen LogP contribution in [0.1, 0.15) is 37.7 Å². The second-order valence-electron chi connectivity index (χ2n) is 6.26. The average molecular weight is 255 g/mol. The molecule has 1 saturated heterocycles. The van der Waals surface area contributed by atoms with Gasteiger partial charge in [0.05, 0.1) is 0 Å². The minimum atomic E-state index is 0.469. The number of benzene rings is 1. The van der Waals surface area contributed by atoms with Crippen LogP contribution in [0.25, 0.3) is 0 Å². The van der Waals surface area contributed by atoms with E-state index in [1.165, 1.54) is 45.2 Å². The van der Waals surface area contributed by atoms with Gasteiger partial charge in [0, 0.05) is 18.5 Å². The second-order valence-corrected chi connectivity index (χ2v) is 6.26. The van der Waals surface area contributed by atoms with Gasteiger partial charge in [-0.1, -0.05) is 49.2 Å². The third-order valence-electron chi connectivity index (χ3n) is 5.30. The molecule has 3 rings (SSSR count). The van der Waals surface area contributed by atoms with Crippen molar-refractivity contribution in [1.29, 1.82) is 0 Å². The van der Waals surface area contributed by atoms with Gasteiger partial charge in [-0.15, -0.1) is 6.58 Å². The molecule has 0 N–H and O–H groups in total. The number of likely N-dealkylation sites (tertiary alicyclic amines) is 1. The van der Waals surface area contributed by atoms with E-state index in [2.05, 4.69) is 47.9 Å². The molecule has 2 fully saturated rings. The van der Waals surface area contributed by atoms with Crippen LogP contribution in [0, 0.1) is 5.92 Å². The van der Waals surface area contributed by atoms with Gasteiger partial charge < -0.3 is 0 Å². The van der Waals surface area contributed by atoms with Crippen LogP contribution in [0.2, 0.25) is 0 Å². The number of piperidine rings is 1. The zero-order valence-corrected chi connectivity index (χ0v) is 11.9. The first-order valence-corrected chi connectivity index (χ1v) is 7.74. The molecule has 1 saturated carbocycles. The molecule has 0 radical (unpaired) electrons. The molecule has 0 amide bonds. The summed E-state index contributed by atoms with van der Waals surface area (Å²) in [6.45, 7) is 7.45. The Balaban J connectivity index is 1.87. The Morgan fingerprint density at radius 2 is 2.05 bits per heavy atom. The summed E-state index contributed by atoms with van der Waals surface area (Å²) in [6, 6.07) is 11.3. The summed E-state index contributed by atoms with van der Waals surface area (Å²) in [5, 5.41) is 0. The Morgan fingerprint density at radius 1 is 1.21 bits per heavy atom. The largest absolute Gasteiger partial charge is 0.299 e. The fourth-order valence-corrected chi connectivity index (χ4v) is 4.31. The number of hydrogen-bond acceptors (Lipinski definition) is 1. The average Bonchev–Trinajstić information content (AvgIpc) is 2.48. The van der Waals surface area contributed by atoms with Crippen molar-refractivity contribution < 1.29 is 0 Å². The predicted molar refractivity (Wildman–Crippen MR) is 81.3 cm³/mol. The highest BCUT2D eigenvalue weighted by atomic mass is 15.1. The van der Waals surface area contributed by atoms with Crippen molar-refractivity contribution in [1.82, 2.24) is 4.90 Å². The van der Waals surface area contributed by atoms with Crippen molar-refractivity contribution in [2.75, 3.05) is 19.6 Å². The zero-order valence-electron chi connectivity index (χ0n) is 11.9. The molecule has 1 heteroatoms. The molecular formula is C18H25N. The topological polar surface area (TPSA) is 3.24 Å². The van der Waals surface area contributed by atoms with Gasteiger partial charge in [0.15, 0.2) is 0 Å². The van der Waals surface area contributed by atoms with Gasteiger partial charge in [0.25, 0.3) is 0 Å². The van der Waals surface area contributed by atoms with Crippen LogP contribution >= 0.6 is 0 Å². The number of fused-ring (bicyclic) bond motifs is 1.